The molecule has 1 N–H and O–H groups in total. The number of rotatable bonds is 2. The number of carbonyl (C=O) groups excluding carboxylic acids is 1. The van der Waals surface area contributed by atoms with Crippen LogP contribution in [-0.2, 0) is 4.79 Å². The van der Waals surface area contributed by atoms with Crippen molar-refractivity contribution in [2.75, 3.05) is 26.7 Å². The van der Waals surface area contributed by atoms with Gasteiger partial charge in [-0.3, -0.25) is 10.1 Å². The molecule has 2 aliphatic heterocycles. The van der Waals surface area contributed by atoms with Crippen LogP contribution in [0.25, 0.3) is 0 Å². The van der Waals surface area contributed by atoms with Crippen molar-refractivity contribution >= 4 is 5.91 Å². The van der Waals surface area contributed by atoms with E-state index in [0.717, 1.165) is 25.9 Å². The molecule has 1 spiro atoms. The number of nitrogens with zero attached hydrogens (tertiary/aromatic N) is 2. The summed E-state index contributed by atoms with van der Waals surface area (Å²) < 4.78 is 0. The fourth-order valence-corrected chi connectivity index (χ4v) is 4.27. The number of carbonyl (C=O) groups is 1. The van der Waals surface area contributed by atoms with Gasteiger partial charge in [0, 0.05) is 13.1 Å². The molecule has 4 nitrogen and oxygen atoms in total. The smallest absolute Gasteiger partial charge is 0.244 e. The van der Waals surface area contributed by atoms with E-state index in [2.05, 4.69) is 29.1 Å². The molecule has 1 saturated carbocycles. The van der Waals surface area contributed by atoms with Crippen LogP contribution in [0.5, 0.6) is 0 Å². The third-order valence-electron chi connectivity index (χ3n) is 5.26. The summed E-state index contributed by atoms with van der Waals surface area (Å²) in [4.78, 5) is 17.3. The van der Waals surface area contributed by atoms with Crippen molar-refractivity contribution in [2.45, 2.75) is 57.2 Å². The first kappa shape index (κ1) is 13.4. The molecule has 3 fully saturated rings. The summed E-state index contributed by atoms with van der Waals surface area (Å²) in [6.45, 7) is 5.45. The van der Waals surface area contributed by atoms with Crippen molar-refractivity contribution in [3.05, 3.63) is 0 Å². The van der Waals surface area contributed by atoms with Gasteiger partial charge in [-0.1, -0.05) is 12.8 Å². The molecule has 4 heteroatoms. The number of nitrogens with one attached hydrogen (secondary N) is 1. The van der Waals surface area contributed by atoms with E-state index in [4.69, 9.17) is 0 Å². The maximum absolute atomic E-state index is 12.7. The summed E-state index contributed by atoms with van der Waals surface area (Å²) in [6.07, 6.45) is 7.24. The predicted molar refractivity (Wildman–Crippen MR) is 75.7 cm³/mol. The number of hydrogen-bond donors (Lipinski definition) is 1. The van der Waals surface area contributed by atoms with Crippen LogP contribution in [0.2, 0.25) is 0 Å². The minimum absolute atomic E-state index is 0.194. The average Bonchev–Trinajstić information content (AvgIpc) is 2.92. The van der Waals surface area contributed by atoms with Crippen molar-refractivity contribution in [1.29, 1.82) is 0 Å². The number of piperidine rings is 1. The van der Waals surface area contributed by atoms with Gasteiger partial charge in [0.15, 0.2) is 0 Å². The van der Waals surface area contributed by atoms with Gasteiger partial charge in [-0.25, -0.2) is 0 Å². The Bertz CT molecular complexity index is 351. The number of hydrogen-bond acceptors (Lipinski definition) is 3. The molecule has 0 bridgehead atoms. The van der Waals surface area contributed by atoms with Gasteiger partial charge < -0.3 is 9.80 Å². The lowest BCUT2D eigenvalue weighted by Gasteiger charge is -2.33. The van der Waals surface area contributed by atoms with Crippen LogP contribution in [0, 0.1) is 5.92 Å². The minimum Gasteiger partial charge on any atom is -0.325 e. The molecule has 2 atom stereocenters. The zero-order valence-corrected chi connectivity index (χ0v) is 12.3. The fourth-order valence-electron chi connectivity index (χ4n) is 4.27. The van der Waals surface area contributed by atoms with Crippen molar-refractivity contribution in [1.82, 2.24) is 15.1 Å². The van der Waals surface area contributed by atoms with E-state index in [1.165, 1.54) is 32.2 Å². The van der Waals surface area contributed by atoms with Crippen LogP contribution < -0.4 is 5.32 Å². The largest absolute Gasteiger partial charge is 0.325 e. The van der Waals surface area contributed by atoms with E-state index < -0.39 is 0 Å². The third kappa shape index (κ3) is 2.40. The SMILES string of the molecule is CC1NC2(CCCC2)C(=O)N1CC1CCCN(C)C1. The zero-order valence-electron chi connectivity index (χ0n) is 12.3. The Kier molecular flexibility index (Phi) is 3.56. The van der Waals surface area contributed by atoms with E-state index in [-0.39, 0.29) is 11.7 Å². The lowest BCUT2D eigenvalue weighted by molar-refractivity contribution is -0.133. The topological polar surface area (TPSA) is 35.6 Å². The molecule has 1 aliphatic carbocycles. The normalized spacial score (nSPS) is 35.5. The van der Waals surface area contributed by atoms with Gasteiger partial charge in [0.2, 0.25) is 5.91 Å². The van der Waals surface area contributed by atoms with Gasteiger partial charge in [-0.15, -0.1) is 0 Å². The van der Waals surface area contributed by atoms with Gasteiger partial charge in [0.05, 0.1) is 11.7 Å². The maximum atomic E-state index is 12.7. The Morgan fingerprint density at radius 1 is 1.32 bits per heavy atom. The highest BCUT2D eigenvalue weighted by Gasteiger charge is 2.51. The van der Waals surface area contributed by atoms with Crippen molar-refractivity contribution in [3.8, 4) is 0 Å². The zero-order chi connectivity index (χ0) is 13.5. The van der Waals surface area contributed by atoms with Crippen molar-refractivity contribution in [3.63, 3.8) is 0 Å². The molecular formula is C15H27N3O. The van der Waals surface area contributed by atoms with Crippen LogP contribution >= 0.6 is 0 Å². The highest BCUT2D eigenvalue weighted by molar-refractivity contribution is 5.89. The Balaban J connectivity index is 1.66. The second-order valence-corrected chi connectivity index (χ2v) is 6.84. The first-order valence-electron chi connectivity index (χ1n) is 7.88. The van der Waals surface area contributed by atoms with E-state index in [0.29, 0.717) is 11.8 Å². The summed E-state index contributed by atoms with van der Waals surface area (Å²) in [5.74, 6) is 1.04. The van der Waals surface area contributed by atoms with Gasteiger partial charge in [0.25, 0.3) is 0 Å². The fraction of sp³-hybridized carbons (Fsp3) is 0.933. The van der Waals surface area contributed by atoms with Gasteiger partial charge in [-0.2, -0.15) is 0 Å². The summed E-state index contributed by atoms with van der Waals surface area (Å²) in [5.41, 5.74) is -0.194. The standard InChI is InChI=1S/C15H27N3O/c1-12-16-15(7-3-4-8-15)14(19)18(12)11-13-6-5-9-17(2)10-13/h12-13,16H,3-11H2,1-2H3. The van der Waals surface area contributed by atoms with Crippen LogP contribution in [0.1, 0.15) is 45.4 Å². The molecule has 2 unspecified atom stereocenters. The lowest BCUT2D eigenvalue weighted by Crippen LogP contribution is -2.45. The molecule has 19 heavy (non-hydrogen) atoms. The molecule has 0 aromatic heterocycles. The molecule has 0 aromatic carbocycles. The lowest BCUT2D eigenvalue weighted by atomic mass is 9.95. The maximum Gasteiger partial charge on any atom is 0.244 e. The number of likely N-dealkylation sites (tertiary alicyclic amines) is 1. The van der Waals surface area contributed by atoms with Crippen LogP contribution in [0.4, 0.5) is 0 Å². The first-order valence-corrected chi connectivity index (χ1v) is 7.88. The second kappa shape index (κ2) is 5.06. The first-order chi connectivity index (χ1) is 9.11. The quantitative estimate of drug-likeness (QED) is 0.820. The van der Waals surface area contributed by atoms with E-state index in [1.807, 2.05) is 0 Å². The van der Waals surface area contributed by atoms with E-state index >= 15 is 0 Å². The third-order valence-corrected chi connectivity index (χ3v) is 5.26. The van der Waals surface area contributed by atoms with Gasteiger partial charge >= 0.3 is 0 Å². The van der Waals surface area contributed by atoms with Crippen molar-refractivity contribution < 1.29 is 4.79 Å². The molecule has 2 saturated heterocycles. The average molecular weight is 265 g/mol. The van der Waals surface area contributed by atoms with Crippen LogP contribution in [-0.4, -0.2) is 54.1 Å². The Labute approximate surface area is 116 Å². The Morgan fingerprint density at radius 2 is 2.05 bits per heavy atom. The summed E-state index contributed by atoms with van der Waals surface area (Å²) in [6, 6.07) is 0. The molecule has 0 radical (unpaired) electrons. The van der Waals surface area contributed by atoms with Crippen LogP contribution in [0.15, 0.2) is 0 Å². The van der Waals surface area contributed by atoms with Gasteiger partial charge in [-0.05, 0) is 52.1 Å². The molecule has 0 aromatic rings. The van der Waals surface area contributed by atoms with E-state index in [1.54, 1.807) is 0 Å². The highest BCUT2D eigenvalue weighted by atomic mass is 16.2. The molecule has 3 rings (SSSR count). The van der Waals surface area contributed by atoms with E-state index in [9.17, 15) is 4.79 Å². The number of amides is 1. The molecule has 108 valence electrons. The monoisotopic (exact) mass is 265 g/mol. The molecule has 1 amide bonds. The summed E-state index contributed by atoms with van der Waals surface area (Å²) in [5, 5.41) is 3.59. The second-order valence-electron chi connectivity index (χ2n) is 6.84. The highest BCUT2D eigenvalue weighted by Crippen LogP contribution is 2.36. The summed E-state index contributed by atoms with van der Waals surface area (Å²) in [7, 11) is 2.19. The van der Waals surface area contributed by atoms with Crippen LogP contribution in [0.3, 0.4) is 0 Å². The minimum atomic E-state index is -0.194. The molecule has 2 heterocycles. The molecule has 3 aliphatic rings. The van der Waals surface area contributed by atoms with Gasteiger partial charge in [0.1, 0.15) is 0 Å². The predicted octanol–water partition coefficient (Wildman–Crippen LogP) is 1.42. The molecular weight excluding hydrogens is 238 g/mol. The van der Waals surface area contributed by atoms with Crippen molar-refractivity contribution in [2.24, 2.45) is 5.92 Å². The Morgan fingerprint density at radius 3 is 2.74 bits per heavy atom. The summed E-state index contributed by atoms with van der Waals surface area (Å²) >= 11 is 0. The Hall–Kier alpha value is -0.610.